The van der Waals surface area contributed by atoms with Crippen LogP contribution in [0.2, 0.25) is 0 Å². The number of aliphatic hydroxyl groups is 1. The van der Waals surface area contributed by atoms with Gasteiger partial charge in [0.15, 0.2) is 0 Å². The summed E-state index contributed by atoms with van der Waals surface area (Å²) in [6.45, 7) is 2.56. The molecule has 1 aliphatic rings. The predicted molar refractivity (Wildman–Crippen MR) is 63.1 cm³/mol. The van der Waals surface area contributed by atoms with Crippen LogP contribution in [0.5, 0.6) is 0 Å². The van der Waals surface area contributed by atoms with Gasteiger partial charge in [-0.15, -0.1) is 0 Å². The van der Waals surface area contributed by atoms with E-state index < -0.39 is 18.0 Å². The highest BCUT2D eigenvalue weighted by atomic mass is 16.3. The van der Waals surface area contributed by atoms with Crippen molar-refractivity contribution in [2.24, 2.45) is 17.6 Å². The molecule has 0 aromatic rings. The van der Waals surface area contributed by atoms with Crippen molar-refractivity contribution in [2.75, 3.05) is 13.2 Å². The first-order valence-corrected chi connectivity index (χ1v) is 5.99. The van der Waals surface area contributed by atoms with Crippen LogP contribution >= 0.6 is 0 Å². The minimum absolute atomic E-state index is 0.203. The normalized spacial score (nSPS) is 25.5. The van der Waals surface area contributed by atoms with Crippen LogP contribution in [0.1, 0.15) is 26.2 Å². The van der Waals surface area contributed by atoms with Gasteiger partial charge in [0.05, 0.1) is 6.04 Å². The van der Waals surface area contributed by atoms with Crippen LogP contribution in [-0.2, 0) is 4.79 Å². The Morgan fingerprint density at radius 2 is 2.06 bits per heavy atom. The fourth-order valence-corrected chi connectivity index (χ4v) is 2.27. The molecule has 1 rings (SSSR count). The lowest BCUT2D eigenvalue weighted by molar-refractivity contribution is -0.121. The molecule has 0 aliphatic heterocycles. The number of hydrogen-bond acceptors (Lipinski definition) is 4. The Balaban J connectivity index is 2.29. The maximum absolute atomic E-state index is 11.4. The zero-order valence-electron chi connectivity index (χ0n) is 10.1. The zero-order valence-corrected chi connectivity index (χ0v) is 10.1. The maximum Gasteiger partial charge on any atom is 0.318 e. The number of nitrogens with one attached hydrogen (secondary N) is 2. The molecule has 0 radical (unpaired) electrons. The lowest BCUT2D eigenvalue weighted by Crippen LogP contribution is -2.47. The Hall–Kier alpha value is -1.14. The molecule has 0 aromatic carbocycles. The van der Waals surface area contributed by atoms with E-state index in [-0.39, 0.29) is 6.61 Å². The Morgan fingerprint density at radius 1 is 1.41 bits per heavy atom. The van der Waals surface area contributed by atoms with Crippen LogP contribution < -0.4 is 16.4 Å². The van der Waals surface area contributed by atoms with Gasteiger partial charge in [-0.3, -0.25) is 10.1 Å². The smallest absolute Gasteiger partial charge is 0.318 e. The van der Waals surface area contributed by atoms with Gasteiger partial charge < -0.3 is 16.2 Å². The highest BCUT2D eigenvalue weighted by Crippen LogP contribution is 2.30. The number of urea groups is 1. The number of rotatable bonds is 5. The van der Waals surface area contributed by atoms with Crippen LogP contribution in [-0.4, -0.2) is 36.2 Å². The van der Waals surface area contributed by atoms with Gasteiger partial charge in [0.1, 0.15) is 0 Å². The van der Waals surface area contributed by atoms with Gasteiger partial charge >= 0.3 is 6.03 Å². The molecule has 3 amide bonds. The molecule has 1 saturated carbocycles. The number of carbonyl (C=O) groups is 2. The number of amides is 3. The summed E-state index contributed by atoms with van der Waals surface area (Å²) in [5.41, 5.74) is 4.86. The average Bonchev–Trinajstić information content (AvgIpc) is 2.72. The highest BCUT2D eigenvalue weighted by molar-refractivity contribution is 5.96. The molecule has 5 N–H and O–H groups in total. The van der Waals surface area contributed by atoms with E-state index in [0.29, 0.717) is 18.4 Å². The van der Waals surface area contributed by atoms with Gasteiger partial charge in [0.2, 0.25) is 5.91 Å². The number of aliphatic hydroxyl groups excluding tert-OH is 1. The number of carbonyl (C=O) groups excluding carboxylic acids is 2. The molecule has 0 aromatic heterocycles. The minimum atomic E-state index is -0.835. The summed E-state index contributed by atoms with van der Waals surface area (Å²) in [5, 5.41) is 14.3. The van der Waals surface area contributed by atoms with E-state index in [9.17, 15) is 9.59 Å². The molecule has 1 fully saturated rings. The third-order valence-electron chi connectivity index (χ3n) is 3.38. The van der Waals surface area contributed by atoms with E-state index in [1.807, 2.05) is 5.32 Å². The summed E-state index contributed by atoms with van der Waals surface area (Å²) in [5.74, 6) is 0.314. The van der Waals surface area contributed by atoms with E-state index in [4.69, 9.17) is 10.8 Å². The lowest BCUT2D eigenvalue weighted by atomic mass is 9.97. The zero-order chi connectivity index (χ0) is 12.8. The monoisotopic (exact) mass is 243 g/mol. The SMILES string of the molecule is CC(NCC1CCCC1CO)C(=O)NC(N)=O. The van der Waals surface area contributed by atoms with Gasteiger partial charge in [-0.2, -0.15) is 0 Å². The third kappa shape index (κ3) is 4.32. The van der Waals surface area contributed by atoms with Crippen molar-refractivity contribution in [3.8, 4) is 0 Å². The van der Waals surface area contributed by atoms with Gasteiger partial charge in [-0.05, 0) is 38.1 Å². The van der Waals surface area contributed by atoms with Crippen LogP contribution in [0.15, 0.2) is 0 Å². The second-order valence-corrected chi connectivity index (χ2v) is 4.62. The molecule has 17 heavy (non-hydrogen) atoms. The molecule has 3 unspecified atom stereocenters. The molecule has 6 heteroatoms. The molecule has 3 atom stereocenters. The van der Waals surface area contributed by atoms with Crippen molar-refractivity contribution in [1.29, 1.82) is 0 Å². The summed E-state index contributed by atoms with van der Waals surface area (Å²) >= 11 is 0. The van der Waals surface area contributed by atoms with Crippen molar-refractivity contribution in [2.45, 2.75) is 32.2 Å². The summed E-state index contributed by atoms with van der Waals surface area (Å²) in [6.07, 6.45) is 3.24. The molecule has 6 nitrogen and oxygen atoms in total. The summed E-state index contributed by atoms with van der Waals surface area (Å²) in [4.78, 5) is 21.9. The van der Waals surface area contributed by atoms with Crippen LogP contribution in [0.25, 0.3) is 0 Å². The summed E-state index contributed by atoms with van der Waals surface area (Å²) in [6, 6.07) is -1.29. The largest absolute Gasteiger partial charge is 0.396 e. The van der Waals surface area contributed by atoms with Crippen molar-refractivity contribution >= 4 is 11.9 Å². The lowest BCUT2D eigenvalue weighted by Gasteiger charge is -2.20. The number of primary amides is 1. The van der Waals surface area contributed by atoms with Gasteiger partial charge in [0, 0.05) is 6.61 Å². The first-order valence-electron chi connectivity index (χ1n) is 5.99. The van der Waals surface area contributed by atoms with E-state index in [1.54, 1.807) is 6.92 Å². The number of hydrogen-bond donors (Lipinski definition) is 4. The first-order chi connectivity index (χ1) is 8.04. The highest BCUT2D eigenvalue weighted by Gasteiger charge is 2.27. The molecular weight excluding hydrogens is 222 g/mol. The predicted octanol–water partition coefficient (Wildman–Crippen LogP) is -0.432. The molecular formula is C11H21N3O3. The van der Waals surface area contributed by atoms with Gasteiger partial charge in [-0.1, -0.05) is 6.42 Å². The maximum atomic E-state index is 11.4. The fourth-order valence-electron chi connectivity index (χ4n) is 2.27. The quantitative estimate of drug-likeness (QED) is 0.526. The average molecular weight is 243 g/mol. The molecule has 98 valence electrons. The van der Waals surface area contributed by atoms with E-state index in [0.717, 1.165) is 19.3 Å². The van der Waals surface area contributed by atoms with E-state index >= 15 is 0 Å². The minimum Gasteiger partial charge on any atom is -0.396 e. The van der Waals surface area contributed by atoms with Crippen molar-refractivity contribution < 1.29 is 14.7 Å². The molecule has 0 bridgehead atoms. The van der Waals surface area contributed by atoms with Crippen LogP contribution in [0.4, 0.5) is 4.79 Å². The Labute approximate surface area is 101 Å². The van der Waals surface area contributed by atoms with Crippen molar-refractivity contribution in [3.63, 3.8) is 0 Å². The van der Waals surface area contributed by atoms with E-state index in [2.05, 4.69) is 5.32 Å². The summed E-state index contributed by atoms with van der Waals surface area (Å²) in [7, 11) is 0. The molecule has 0 spiro atoms. The molecule has 0 saturated heterocycles. The topological polar surface area (TPSA) is 104 Å². The van der Waals surface area contributed by atoms with E-state index in [1.165, 1.54) is 0 Å². The van der Waals surface area contributed by atoms with Crippen molar-refractivity contribution in [3.05, 3.63) is 0 Å². The van der Waals surface area contributed by atoms with Gasteiger partial charge in [0.25, 0.3) is 0 Å². The standard InChI is InChI=1S/C11H21N3O3/c1-7(10(16)14-11(12)17)13-5-8-3-2-4-9(8)6-15/h7-9,13,15H,2-6H2,1H3,(H3,12,14,16,17). The van der Waals surface area contributed by atoms with Crippen LogP contribution in [0, 0.1) is 11.8 Å². The first kappa shape index (κ1) is 13.9. The van der Waals surface area contributed by atoms with Gasteiger partial charge in [-0.25, -0.2) is 4.79 Å². The second-order valence-electron chi connectivity index (χ2n) is 4.62. The van der Waals surface area contributed by atoms with Crippen molar-refractivity contribution in [1.82, 2.24) is 10.6 Å². The Kier molecular flexibility index (Phi) is 5.37. The Morgan fingerprint density at radius 3 is 2.65 bits per heavy atom. The second kappa shape index (κ2) is 6.56. The van der Waals surface area contributed by atoms with Crippen LogP contribution in [0.3, 0.4) is 0 Å². The molecule has 0 heterocycles. The number of nitrogens with two attached hydrogens (primary N) is 1. The number of imide groups is 1. The fraction of sp³-hybridized carbons (Fsp3) is 0.818. The third-order valence-corrected chi connectivity index (χ3v) is 3.38. The molecule has 1 aliphatic carbocycles. The summed E-state index contributed by atoms with van der Waals surface area (Å²) < 4.78 is 0. The Bertz CT molecular complexity index is 283.